The predicted molar refractivity (Wildman–Crippen MR) is 90.1 cm³/mol. The van der Waals surface area contributed by atoms with Crippen LogP contribution in [0.5, 0.6) is 11.5 Å². The summed E-state index contributed by atoms with van der Waals surface area (Å²) in [6, 6.07) is 5.78. The fourth-order valence-electron chi connectivity index (χ4n) is 5.58. The minimum atomic E-state index is -1.02. The van der Waals surface area contributed by atoms with Crippen LogP contribution in [-0.4, -0.2) is 22.2 Å². The number of rotatable bonds is 3. The average Bonchev–Trinajstić information content (AvgIpc) is 2.53. The zero-order valence-corrected chi connectivity index (χ0v) is 14.1. The zero-order valence-electron chi connectivity index (χ0n) is 13.3. The van der Waals surface area contributed by atoms with E-state index in [4.69, 9.17) is 9.47 Å². The van der Waals surface area contributed by atoms with Crippen LogP contribution in [0.25, 0.3) is 0 Å². The smallest absolute Gasteiger partial charge is 0.163 e. The van der Waals surface area contributed by atoms with Gasteiger partial charge in [0.1, 0.15) is 24.2 Å². The van der Waals surface area contributed by atoms with Crippen molar-refractivity contribution in [2.24, 2.45) is 17.8 Å². The molecule has 4 bridgehead atoms. The van der Waals surface area contributed by atoms with Crippen LogP contribution < -0.4 is 14.2 Å². The van der Waals surface area contributed by atoms with Gasteiger partial charge in [0, 0.05) is 6.07 Å². The van der Waals surface area contributed by atoms with E-state index < -0.39 is 11.0 Å². The van der Waals surface area contributed by atoms with Gasteiger partial charge >= 0.3 is 0 Å². The van der Waals surface area contributed by atoms with Crippen LogP contribution in [0, 0.1) is 17.8 Å². The van der Waals surface area contributed by atoms with Crippen molar-refractivity contribution >= 4 is 16.7 Å². The van der Waals surface area contributed by atoms with Crippen LogP contribution >= 0.6 is 0 Å². The molecule has 4 nitrogen and oxygen atoms in total. The minimum absolute atomic E-state index is 0.00199. The van der Waals surface area contributed by atoms with Crippen molar-refractivity contribution in [2.75, 3.05) is 17.9 Å². The van der Waals surface area contributed by atoms with E-state index in [2.05, 4.69) is 4.72 Å². The lowest BCUT2D eigenvalue weighted by Crippen LogP contribution is -2.54. The summed E-state index contributed by atoms with van der Waals surface area (Å²) in [5, 5.41) is 0. The maximum absolute atomic E-state index is 13.2. The number of fused-ring (bicyclic) bond motifs is 1. The summed E-state index contributed by atoms with van der Waals surface area (Å²) in [7, 11) is -1.02. The van der Waals surface area contributed by atoms with Gasteiger partial charge in [0.25, 0.3) is 0 Å². The Kier molecular flexibility index (Phi) is 3.16. The van der Waals surface area contributed by atoms with Gasteiger partial charge in [-0.1, -0.05) is 0 Å². The maximum atomic E-state index is 13.2. The fraction of sp³-hybridized carbons (Fsp3) is 0.667. The molecule has 124 valence electrons. The van der Waals surface area contributed by atoms with Gasteiger partial charge in [-0.25, -0.2) is 4.21 Å². The van der Waals surface area contributed by atoms with Crippen LogP contribution in [0.2, 0.25) is 0 Å². The van der Waals surface area contributed by atoms with Gasteiger partial charge in [-0.2, -0.15) is 0 Å². The lowest BCUT2D eigenvalue weighted by molar-refractivity contribution is 0.0363. The van der Waals surface area contributed by atoms with Crippen molar-refractivity contribution in [1.29, 1.82) is 0 Å². The highest BCUT2D eigenvalue weighted by molar-refractivity contribution is 7.87. The number of hydrogen-bond donors (Lipinski definition) is 1. The minimum Gasteiger partial charge on any atom is -0.486 e. The lowest BCUT2D eigenvalue weighted by atomic mass is 9.56. The summed E-state index contributed by atoms with van der Waals surface area (Å²) in [4.78, 5) is 0. The molecule has 6 rings (SSSR count). The van der Waals surface area contributed by atoms with Crippen molar-refractivity contribution in [3.05, 3.63) is 18.2 Å². The normalized spacial score (nSPS) is 38.3. The molecule has 0 aromatic heterocycles. The van der Waals surface area contributed by atoms with E-state index in [-0.39, 0.29) is 4.75 Å². The second-order valence-electron chi connectivity index (χ2n) is 7.83. The number of anilines is 1. The molecule has 0 unspecified atom stereocenters. The molecular formula is C18H23NO3S. The van der Waals surface area contributed by atoms with Gasteiger partial charge in [0.05, 0.1) is 10.4 Å². The molecule has 4 aliphatic carbocycles. The summed E-state index contributed by atoms with van der Waals surface area (Å²) >= 11 is 0. The predicted octanol–water partition coefficient (Wildman–Crippen LogP) is 3.50. The van der Waals surface area contributed by atoms with E-state index >= 15 is 0 Å². The Morgan fingerprint density at radius 1 is 0.957 bits per heavy atom. The molecule has 0 radical (unpaired) electrons. The van der Waals surface area contributed by atoms with Crippen molar-refractivity contribution < 1.29 is 13.7 Å². The van der Waals surface area contributed by atoms with Gasteiger partial charge in [0.15, 0.2) is 11.5 Å². The third kappa shape index (κ3) is 2.35. The maximum Gasteiger partial charge on any atom is 0.163 e. The molecule has 0 spiro atoms. The SMILES string of the molecule is O=[S@](Nc1ccc2c(c1)OCCO2)C12CC3CC(CC(C3)C1)C2. The van der Waals surface area contributed by atoms with E-state index in [0.29, 0.717) is 13.2 Å². The highest BCUT2D eigenvalue weighted by Gasteiger charge is 2.54. The first kappa shape index (κ1) is 14.1. The Morgan fingerprint density at radius 2 is 1.57 bits per heavy atom. The topological polar surface area (TPSA) is 47.6 Å². The summed E-state index contributed by atoms with van der Waals surface area (Å²) in [5.74, 6) is 3.97. The highest BCUT2D eigenvalue weighted by atomic mass is 32.2. The fourth-order valence-corrected chi connectivity index (χ4v) is 7.30. The Labute approximate surface area is 139 Å². The average molecular weight is 333 g/mol. The largest absolute Gasteiger partial charge is 0.486 e. The summed E-state index contributed by atoms with van der Waals surface area (Å²) in [6.07, 6.45) is 7.55. The van der Waals surface area contributed by atoms with Crippen LogP contribution in [0.15, 0.2) is 18.2 Å². The van der Waals surface area contributed by atoms with Crippen molar-refractivity contribution in [3.8, 4) is 11.5 Å². The molecule has 0 amide bonds. The van der Waals surface area contributed by atoms with Crippen LogP contribution in [0.4, 0.5) is 5.69 Å². The first-order chi connectivity index (χ1) is 11.2. The molecular weight excluding hydrogens is 310 g/mol. The van der Waals surface area contributed by atoms with Crippen molar-refractivity contribution in [1.82, 2.24) is 0 Å². The molecule has 5 aliphatic rings. The molecule has 4 saturated carbocycles. The molecule has 1 heterocycles. The molecule has 1 aromatic carbocycles. The number of benzene rings is 1. The highest BCUT2D eigenvalue weighted by Crippen LogP contribution is 2.58. The Morgan fingerprint density at radius 3 is 2.22 bits per heavy atom. The van der Waals surface area contributed by atoms with Gasteiger partial charge in [0.2, 0.25) is 0 Å². The van der Waals surface area contributed by atoms with Crippen LogP contribution in [0.3, 0.4) is 0 Å². The third-order valence-corrected chi connectivity index (χ3v) is 7.84. The molecule has 1 aromatic rings. The van der Waals surface area contributed by atoms with Crippen LogP contribution in [-0.2, 0) is 11.0 Å². The first-order valence-corrected chi connectivity index (χ1v) is 9.93. The van der Waals surface area contributed by atoms with Crippen molar-refractivity contribution in [2.45, 2.75) is 43.3 Å². The quantitative estimate of drug-likeness (QED) is 0.921. The van der Waals surface area contributed by atoms with E-state index in [1.165, 1.54) is 19.3 Å². The zero-order chi connectivity index (χ0) is 15.4. The molecule has 23 heavy (non-hydrogen) atoms. The lowest BCUT2D eigenvalue weighted by Gasteiger charge is -2.55. The number of nitrogens with one attached hydrogen (secondary N) is 1. The van der Waals surface area contributed by atoms with Gasteiger partial charge in [-0.3, -0.25) is 0 Å². The Hall–Kier alpha value is -1.23. The molecule has 1 aliphatic heterocycles. The number of hydrogen-bond acceptors (Lipinski definition) is 3. The summed E-state index contributed by atoms with van der Waals surface area (Å²) in [6.45, 7) is 1.17. The first-order valence-electron chi connectivity index (χ1n) is 8.78. The Bertz CT molecular complexity index is 624. The van der Waals surface area contributed by atoms with E-state index in [9.17, 15) is 4.21 Å². The van der Waals surface area contributed by atoms with E-state index in [0.717, 1.165) is 54.2 Å². The number of ether oxygens (including phenoxy) is 2. The van der Waals surface area contributed by atoms with Crippen LogP contribution in [0.1, 0.15) is 38.5 Å². The van der Waals surface area contributed by atoms with E-state index in [1.54, 1.807) is 0 Å². The molecule has 0 saturated heterocycles. The standard InChI is InChI=1S/C18H23NO3S/c20-23(18-9-12-5-13(10-18)7-14(6-12)11-18)19-15-1-2-16-17(8-15)22-4-3-21-16/h1-2,8,12-14,19H,3-7,9-11H2/t12?,13?,14?,18?,23-/m0/s1. The molecule has 4 fully saturated rings. The monoisotopic (exact) mass is 333 g/mol. The van der Waals surface area contributed by atoms with Gasteiger partial charge in [-0.15, -0.1) is 0 Å². The molecule has 1 atom stereocenters. The second kappa shape index (κ2) is 5.13. The van der Waals surface area contributed by atoms with Gasteiger partial charge < -0.3 is 14.2 Å². The summed E-state index contributed by atoms with van der Waals surface area (Å²) in [5.41, 5.74) is 0.878. The molecule has 1 N–H and O–H groups in total. The van der Waals surface area contributed by atoms with Gasteiger partial charge in [-0.05, 0) is 68.4 Å². The third-order valence-electron chi connectivity index (χ3n) is 6.13. The summed E-state index contributed by atoms with van der Waals surface area (Å²) < 4.78 is 27.6. The van der Waals surface area contributed by atoms with Crippen molar-refractivity contribution in [3.63, 3.8) is 0 Å². The molecule has 5 heteroatoms. The van der Waals surface area contributed by atoms with E-state index in [1.807, 2.05) is 18.2 Å². The Balaban J connectivity index is 1.37. The second-order valence-corrected chi connectivity index (χ2v) is 9.44.